The van der Waals surface area contributed by atoms with E-state index in [2.05, 4.69) is 0 Å². The maximum Gasteiger partial charge on any atom is 0.0462 e. The predicted molar refractivity (Wildman–Crippen MR) is 49.0 cm³/mol. The highest BCUT2D eigenvalue weighted by molar-refractivity contribution is 5.08. The van der Waals surface area contributed by atoms with Crippen molar-refractivity contribution in [1.82, 2.24) is 0 Å². The quantitative estimate of drug-likeness (QED) is 0.677. The van der Waals surface area contributed by atoms with Crippen molar-refractivity contribution in [2.24, 2.45) is 35.5 Å². The fraction of sp³-hybridized carbons (Fsp3) is 1.00. The second kappa shape index (κ2) is 2.71. The van der Waals surface area contributed by atoms with Gasteiger partial charge in [0.25, 0.3) is 0 Å². The normalized spacial score (nSPS) is 57.7. The Morgan fingerprint density at radius 1 is 0.692 bits per heavy atom. The number of aliphatic hydroxyl groups excluding tert-OH is 2. The van der Waals surface area contributed by atoms with Crippen LogP contribution in [0.1, 0.15) is 19.3 Å². The lowest BCUT2D eigenvalue weighted by Crippen LogP contribution is -1.96. The molecule has 0 aliphatic heterocycles. The minimum Gasteiger partial charge on any atom is -0.396 e. The van der Waals surface area contributed by atoms with Crippen LogP contribution in [0, 0.1) is 35.5 Å². The Balaban J connectivity index is 1.47. The van der Waals surface area contributed by atoms with Crippen molar-refractivity contribution in [2.45, 2.75) is 19.3 Å². The topological polar surface area (TPSA) is 40.5 Å². The summed E-state index contributed by atoms with van der Waals surface area (Å²) in [4.78, 5) is 0. The van der Waals surface area contributed by atoms with E-state index in [1.54, 1.807) is 0 Å². The molecule has 0 saturated heterocycles. The van der Waals surface area contributed by atoms with Gasteiger partial charge in [-0.3, -0.25) is 0 Å². The van der Waals surface area contributed by atoms with Gasteiger partial charge in [0.1, 0.15) is 0 Å². The monoisotopic (exact) mass is 182 g/mol. The van der Waals surface area contributed by atoms with E-state index in [4.69, 9.17) is 10.2 Å². The molecular weight excluding hydrogens is 164 g/mol. The van der Waals surface area contributed by atoms with E-state index in [9.17, 15) is 0 Å². The van der Waals surface area contributed by atoms with Gasteiger partial charge in [0.15, 0.2) is 0 Å². The summed E-state index contributed by atoms with van der Waals surface area (Å²) in [6.45, 7) is 0.809. The molecule has 2 nitrogen and oxygen atoms in total. The zero-order valence-corrected chi connectivity index (χ0v) is 7.89. The molecule has 0 aromatic heterocycles. The SMILES string of the molecule is OC[C@@H]1C[C@H]1[C@H]1C[C@@H]1[C@H]1C[C@@H]1CO. The Morgan fingerprint density at radius 2 is 1.15 bits per heavy atom. The molecule has 2 N–H and O–H groups in total. The van der Waals surface area contributed by atoms with Gasteiger partial charge in [-0.05, 0) is 54.8 Å². The van der Waals surface area contributed by atoms with Gasteiger partial charge in [-0.1, -0.05) is 0 Å². The van der Waals surface area contributed by atoms with Crippen molar-refractivity contribution in [1.29, 1.82) is 0 Å². The summed E-state index contributed by atoms with van der Waals surface area (Å²) >= 11 is 0. The summed E-state index contributed by atoms with van der Waals surface area (Å²) in [5, 5.41) is 17.9. The molecule has 0 bridgehead atoms. The van der Waals surface area contributed by atoms with E-state index in [0.717, 1.165) is 23.7 Å². The highest BCUT2D eigenvalue weighted by Gasteiger charge is 2.59. The zero-order chi connectivity index (χ0) is 9.00. The maximum absolute atomic E-state index is 8.95. The van der Waals surface area contributed by atoms with Crippen LogP contribution in [-0.2, 0) is 0 Å². The van der Waals surface area contributed by atoms with Crippen LogP contribution in [0.4, 0.5) is 0 Å². The van der Waals surface area contributed by atoms with Gasteiger partial charge < -0.3 is 10.2 Å². The van der Waals surface area contributed by atoms with E-state index >= 15 is 0 Å². The first-order valence-electron chi connectivity index (χ1n) is 5.57. The molecule has 2 heteroatoms. The second-order valence-electron chi connectivity index (χ2n) is 5.25. The molecule has 74 valence electrons. The van der Waals surface area contributed by atoms with Crippen molar-refractivity contribution in [3.63, 3.8) is 0 Å². The molecule has 0 amide bonds. The van der Waals surface area contributed by atoms with Crippen LogP contribution in [-0.4, -0.2) is 23.4 Å². The molecule has 3 aliphatic carbocycles. The molecule has 13 heavy (non-hydrogen) atoms. The molecule has 0 unspecified atom stereocenters. The Morgan fingerprint density at radius 3 is 1.46 bits per heavy atom. The van der Waals surface area contributed by atoms with E-state index < -0.39 is 0 Å². The summed E-state index contributed by atoms with van der Waals surface area (Å²) < 4.78 is 0. The van der Waals surface area contributed by atoms with Crippen molar-refractivity contribution in [3.8, 4) is 0 Å². The number of hydrogen-bond donors (Lipinski definition) is 2. The predicted octanol–water partition coefficient (Wildman–Crippen LogP) is 0.879. The van der Waals surface area contributed by atoms with Crippen molar-refractivity contribution < 1.29 is 10.2 Å². The summed E-state index contributed by atoms with van der Waals surface area (Å²) in [5.74, 6) is 4.85. The molecule has 0 heterocycles. The van der Waals surface area contributed by atoms with E-state index in [-0.39, 0.29) is 0 Å². The molecule has 6 atom stereocenters. The molecular formula is C11H18O2. The summed E-state index contributed by atoms with van der Waals surface area (Å²) in [6.07, 6.45) is 3.94. The van der Waals surface area contributed by atoms with Gasteiger partial charge in [-0.25, -0.2) is 0 Å². The average Bonchev–Trinajstić information content (AvgIpc) is 2.95. The minimum atomic E-state index is 0.405. The summed E-state index contributed by atoms with van der Waals surface area (Å²) in [7, 11) is 0. The lowest BCUT2D eigenvalue weighted by Gasteiger charge is -1.96. The van der Waals surface area contributed by atoms with Gasteiger partial charge in [0, 0.05) is 13.2 Å². The van der Waals surface area contributed by atoms with E-state index in [0.29, 0.717) is 25.0 Å². The highest BCUT2D eigenvalue weighted by atomic mass is 16.3. The zero-order valence-electron chi connectivity index (χ0n) is 7.89. The number of rotatable bonds is 4. The van der Waals surface area contributed by atoms with Crippen molar-refractivity contribution in [3.05, 3.63) is 0 Å². The van der Waals surface area contributed by atoms with Gasteiger partial charge in [-0.2, -0.15) is 0 Å². The Kier molecular flexibility index (Phi) is 1.72. The Labute approximate surface area is 79.0 Å². The third kappa shape index (κ3) is 1.31. The minimum absolute atomic E-state index is 0.405. The second-order valence-corrected chi connectivity index (χ2v) is 5.25. The molecule has 0 aromatic rings. The molecule has 3 aliphatic rings. The first kappa shape index (κ1) is 8.25. The molecule has 0 aromatic carbocycles. The standard InChI is InChI=1S/C11H18O2/c12-4-6-1-8(6)10-3-11(10)9-2-7(9)5-13/h6-13H,1-5H2/t6-,7+,8+,9-,10-,11-/m1/s1. The van der Waals surface area contributed by atoms with Crippen molar-refractivity contribution in [2.75, 3.05) is 13.2 Å². The Hall–Kier alpha value is -0.0800. The molecule has 0 radical (unpaired) electrons. The number of aliphatic hydroxyl groups is 2. The first-order chi connectivity index (χ1) is 6.35. The van der Waals surface area contributed by atoms with E-state index in [1.807, 2.05) is 0 Å². The fourth-order valence-electron chi connectivity index (χ4n) is 3.23. The highest BCUT2D eigenvalue weighted by Crippen LogP contribution is 2.65. The van der Waals surface area contributed by atoms with Gasteiger partial charge in [0.2, 0.25) is 0 Å². The van der Waals surface area contributed by atoms with Crippen LogP contribution in [0.15, 0.2) is 0 Å². The summed E-state index contributed by atoms with van der Waals surface area (Å²) in [6, 6.07) is 0. The lowest BCUT2D eigenvalue weighted by atomic mass is 10.1. The molecule has 3 fully saturated rings. The lowest BCUT2D eigenvalue weighted by molar-refractivity contribution is 0.259. The van der Waals surface area contributed by atoms with Gasteiger partial charge in [0.05, 0.1) is 0 Å². The van der Waals surface area contributed by atoms with Crippen LogP contribution in [0.5, 0.6) is 0 Å². The van der Waals surface area contributed by atoms with Gasteiger partial charge >= 0.3 is 0 Å². The first-order valence-corrected chi connectivity index (χ1v) is 5.57. The van der Waals surface area contributed by atoms with Gasteiger partial charge in [-0.15, -0.1) is 0 Å². The van der Waals surface area contributed by atoms with Crippen molar-refractivity contribution >= 4 is 0 Å². The maximum atomic E-state index is 8.95. The number of hydrogen-bond acceptors (Lipinski definition) is 2. The van der Waals surface area contributed by atoms with Crippen LogP contribution in [0.3, 0.4) is 0 Å². The molecule has 3 saturated carbocycles. The third-order valence-corrected chi connectivity index (χ3v) is 4.41. The van der Waals surface area contributed by atoms with Crippen LogP contribution < -0.4 is 0 Å². The smallest absolute Gasteiger partial charge is 0.0462 e. The third-order valence-electron chi connectivity index (χ3n) is 4.41. The Bertz CT molecular complexity index is 194. The van der Waals surface area contributed by atoms with Crippen LogP contribution in [0.25, 0.3) is 0 Å². The fourth-order valence-corrected chi connectivity index (χ4v) is 3.23. The van der Waals surface area contributed by atoms with E-state index in [1.165, 1.54) is 19.3 Å². The average molecular weight is 182 g/mol. The largest absolute Gasteiger partial charge is 0.396 e. The molecule has 3 rings (SSSR count). The van der Waals surface area contributed by atoms with Crippen LogP contribution in [0.2, 0.25) is 0 Å². The molecule has 0 spiro atoms. The summed E-state index contributed by atoms with van der Waals surface area (Å²) in [5.41, 5.74) is 0. The van der Waals surface area contributed by atoms with Crippen LogP contribution >= 0.6 is 0 Å².